The SMILES string of the molecule is Cc1cc(NN)c(C(=O)N2CCS(=O)CC2)cn1. The number of aryl methyl sites for hydroxylation is 1. The third-order valence-corrected chi connectivity index (χ3v) is 4.17. The summed E-state index contributed by atoms with van der Waals surface area (Å²) in [4.78, 5) is 18.1. The van der Waals surface area contributed by atoms with Crippen LogP contribution in [0.5, 0.6) is 0 Å². The number of nitrogen functional groups attached to an aromatic ring is 1. The molecular weight excluding hydrogens is 252 g/mol. The van der Waals surface area contributed by atoms with Crippen LogP contribution in [0.3, 0.4) is 0 Å². The minimum absolute atomic E-state index is 0.118. The molecule has 1 aromatic rings. The molecule has 0 unspecified atom stereocenters. The number of amides is 1. The smallest absolute Gasteiger partial charge is 0.257 e. The Hall–Kier alpha value is -1.47. The van der Waals surface area contributed by atoms with Gasteiger partial charge in [-0.3, -0.25) is 19.8 Å². The number of nitrogens with one attached hydrogen (secondary N) is 1. The van der Waals surface area contributed by atoms with Crippen molar-refractivity contribution in [3.63, 3.8) is 0 Å². The first-order chi connectivity index (χ1) is 8.61. The quantitative estimate of drug-likeness (QED) is 0.576. The van der Waals surface area contributed by atoms with Crippen molar-refractivity contribution >= 4 is 22.4 Å². The summed E-state index contributed by atoms with van der Waals surface area (Å²) >= 11 is 0. The van der Waals surface area contributed by atoms with Gasteiger partial charge in [0.15, 0.2) is 0 Å². The summed E-state index contributed by atoms with van der Waals surface area (Å²) in [7, 11) is -0.794. The first-order valence-electron chi connectivity index (χ1n) is 5.69. The fourth-order valence-corrected chi connectivity index (χ4v) is 2.91. The summed E-state index contributed by atoms with van der Waals surface area (Å²) in [5, 5.41) is 0. The van der Waals surface area contributed by atoms with E-state index in [4.69, 9.17) is 5.84 Å². The highest BCUT2D eigenvalue weighted by Crippen LogP contribution is 2.17. The molecule has 0 saturated carbocycles. The monoisotopic (exact) mass is 268 g/mol. The van der Waals surface area contributed by atoms with E-state index < -0.39 is 10.8 Å². The van der Waals surface area contributed by atoms with Crippen molar-refractivity contribution in [1.29, 1.82) is 0 Å². The number of carbonyl (C=O) groups is 1. The zero-order valence-corrected chi connectivity index (χ0v) is 11.0. The Bertz CT molecular complexity index is 482. The van der Waals surface area contributed by atoms with Crippen LogP contribution in [-0.2, 0) is 10.8 Å². The van der Waals surface area contributed by atoms with Gasteiger partial charge in [-0.25, -0.2) is 0 Å². The fraction of sp³-hybridized carbons (Fsp3) is 0.455. The number of hydrazine groups is 1. The van der Waals surface area contributed by atoms with E-state index >= 15 is 0 Å². The second kappa shape index (κ2) is 5.45. The standard InChI is InChI=1S/C11H16N4O2S/c1-8-6-10(14-12)9(7-13-8)11(16)15-2-4-18(17)5-3-15/h6-7H,2-5,12H2,1H3,(H,13,14). The predicted octanol–water partition coefficient (Wildman–Crippen LogP) is -0.120. The summed E-state index contributed by atoms with van der Waals surface area (Å²) in [5.74, 6) is 6.37. The highest BCUT2D eigenvalue weighted by Gasteiger charge is 2.23. The normalized spacial score (nSPS) is 16.7. The van der Waals surface area contributed by atoms with Crippen LogP contribution < -0.4 is 11.3 Å². The average molecular weight is 268 g/mol. The lowest BCUT2D eigenvalue weighted by molar-refractivity contribution is 0.0772. The Morgan fingerprint density at radius 3 is 2.78 bits per heavy atom. The molecule has 6 nitrogen and oxygen atoms in total. The van der Waals surface area contributed by atoms with Gasteiger partial charge in [0.25, 0.3) is 5.91 Å². The van der Waals surface area contributed by atoms with Crippen LogP contribution in [-0.4, -0.2) is 44.6 Å². The minimum atomic E-state index is -0.794. The maximum atomic E-state index is 12.3. The van der Waals surface area contributed by atoms with Crippen molar-refractivity contribution < 1.29 is 9.00 Å². The molecule has 0 bridgehead atoms. The molecule has 1 aliphatic rings. The first-order valence-corrected chi connectivity index (χ1v) is 7.18. The number of aromatic nitrogens is 1. The molecule has 0 atom stereocenters. The first kappa shape index (κ1) is 13.0. The third-order valence-electron chi connectivity index (χ3n) is 2.89. The zero-order valence-electron chi connectivity index (χ0n) is 10.2. The van der Waals surface area contributed by atoms with E-state index in [1.807, 2.05) is 6.92 Å². The van der Waals surface area contributed by atoms with Gasteiger partial charge in [-0.2, -0.15) is 0 Å². The van der Waals surface area contributed by atoms with Crippen molar-refractivity contribution in [2.75, 3.05) is 30.0 Å². The Labute approximate surface area is 108 Å². The minimum Gasteiger partial charge on any atom is -0.337 e. The third kappa shape index (κ3) is 2.68. The number of carbonyl (C=O) groups excluding carboxylic acids is 1. The second-order valence-electron chi connectivity index (χ2n) is 4.16. The molecule has 18 heavy (non-hydrogen) atoms. The second-order valence-corrected chi connectivity index (χ2v) is 5.85. The lowest BCUT2D eigenvalue weighted by atomic mass is 10.2. The molecule has 1 aromatic heterocycles. The summed E-state index contributed by atoms with van der Waals surface area (Å²) in [6.07, 6.45) is 1.53. The highest BCUT2D eigenvalue weighted by atomic mass is 32.2. The molecule has 2 heterocycles. The molecule has 0 aromatic carbocycles. The van der Waals surface area contributed by atoms with Crippen LogP contribution in [0, 0.1) is 6.92 Å². The van der Waals surface area contributed by atoms with Crippen molar-refractivity contribution in [3.8, 4) is 0 Å². The van der Waals surface area contributed by atoms with E-state index in [0.717, 1.165) is 5.69 Å². The van der Waals surface area contributed by atoms with Gasteiger partial charge in [-0.05, 0) is 13.0 Å². The van der Waals surface area contributed by atoms with Gasteiger partial charge in [0.1, 0.15) is 0 Å². The summed E-state index contributed by atoms with van der Waals surface area (Å²) in [6.45, 7) is 2.87. The molecular formula is C11H16N4O2S. The van der Waals surface area contributed by atoms with Crippen molar-refractivity contribution in [1.82, 2.24) is 9.88 Å². The van der Waals surface area contributed by atoms with Crippen LogP contribution >= 0.6 is 0 Å². The molecule has 2 rings (SSSR count). The molecule has 0 aliphatic carbocycles. The van der Waals surface area contributed by atoms with Crippen LogP contribution in [0.1, 0.15) is 16.1 Å². The lowest BCUT2D eigenvalue weighted by Gasteiger charge is -2.27. The molecule has 3 N–H and O–H groups in total. The zero-order chi connectivity index (χ0) is 13.1. The van der Waals surface area contributed by atoms with Crippen LogP contribution in [0.2, 0.25) is 0 Å². The fourth-order valence-electron chi connectivity index (χ4n) is 1.86. The molecule has 1 amide bonds. The van der Waals surface area contributed by atoms with E-state index in [2.05, 4.69) is 10.4 Å². The number of anilines is 1. The van der Waals surface area contributed by atoms with Gasteiger partial charge in [-0.1, -0.05) is 0 Å². The van der Waals surface area contributed by atoms with E-state index in [-0.39, 0.29) is 5.91 Å². The van der Waals surface area contributed by atoms with Gasteiger partial charge in [0.2, 0.25) is 0 Å². The van der Waals surface area contributed by atoms with E-state index in [0.29, 0.717) is 35.8 Å². The van der Waals surface area contributed by atoms with Crippen LogP contribution in [0.15, 0.2) is 12.3 Å². The van der Waals surface area contributed by atoms with Crippen molar-refractivity contribution in [2.45, 2.75) is 6.92 Å². The highest BCUT2D eigenvalue weighted by molar-refractivity contribution is 7.85. The van der Waals surface area contributed by atoms with Crippen LogP contribution in [0.4, 0.5) is 5.69 Å². The van der Waals surface area contributed by atoms with E-state index in [9.17, 15) is 9.00 Å². The van der Waals surface area contributed by atoms with Gasteiger partial charge < -0.3 is 10.3 Å². The Morgan fingerprint density at radius 1 is 1.50 bits per heavy atom. The average Bonchev–Trinajstić information content (AvgIpc) is 2.38. The largest absolute Gasteiger partial charge is 0.337 e. The van der Waals surface area contributed by atoms with E-state index in [1.54, 1.807) is 11.0 Å². The Kier molecular flexibility index (Phi) is 3.93. The number of hydrogen-bond donors (Lipinski definition) is 2. The lowest BCUT2D eigenvalue weighted by Crippen LogP contribution is -2.42. The molecule has 98 valence electrons. The van der Waals surface area contributed by atoms with Gasteiger partial charge in [0.05, 0.1) is 11.3 Å². The molecule has 1 aliphatic heterocycles. The summed E-state index contributed by atoms with van der Waals surface area (Å²) in [5.41, 5.74) is 4.33. The van der Waals surface area contributed by atoms with Crippen molar-refractivity contribution in [3.05, 3.63) is 23.5 Å². The molecule has 1 saturated heterocycles. The van der Waals surface area contributed by atoms with Gasteiger partial charge in [0, 0.05) is 47.3 Å². The van der Waals surface area contributed by atoms with Crippen LogP contribution in [0.25, 0.3) is 0 Å². The van der Waals surface area contributed by atoms with E-state index in [1.165, 1.54) is 6.20 Å². The molecule has 1 fully saturated rings. The topological polar surface area (TPSA) is 88.3 Å². The van der Waals surface area contributed by atoms with Crippen molar-refractivity contribution in [2.24, 2.45) is 5.84 Å². The van der Waals surface area contributed by atoms with Gasteiger partial charge in [-0.15, -0.1) is 0 Å². The number of hydrogen-bond acceptors (Lipinski definition) is 5. The Morgan fingerprint density at radius 2 is 2.17 bits per heavy atom. The number of nitrogens with zero attached hydrogens (tertiary/aromatic N) is 2. The molecule has 0 spiro atoms. The molecule has 0 radical (unpaired) electrons. The maximum Gasteiger partial charge on any atom is 0.257 e. The van der Waals surface area contributed by atoms with Gasteiger partial charge >= 0.3 is 0 Å². The summed E-state index contributed by atoms with van der Waals surface area (Å²) < 4.78 is 11.3. The molecule has 7 heteroatoms. The Balaban J connectivity index is 2.20. The maximum absolute atomic E-state index is 12.3. The predicted molar refractivity (Wildman–Crippen MR) is 70.6 cm³/mol. The number of rotatable bonds is 2. The summed E-state index contributed by atoms with van der Waals surface area (Å²) in [6, 6.07) is 1.73. The number of nitrogens with two attached hydrogens (primary N) is 1. The number of pyridine rings is 1.